The van der Waals surface area contributed by atoms with E-state index in [0.29, 0.717) is 18.9 Å². The van der Waals surface area contributed by atoms with Gasteiger partial charge in [-0.3, -0.25) is 9.59 Å². The summed E-state index contributed by atoms with van der Waals surface area (Å²) < 4.78 is 1.56. The molecular weight excluding hydrogens is 256 g/mol. The van der Waals surface area contributed by atoms with Gasteiger partial charge in [-0.2, -0.15) is 0 Å². The molecule has 1 amide bonds. The normalized spacial score (nSPS) is 19.1. The highest BCUT2D eigenvalue weighted by atomic mass is 16.3. The number of carbonyl (C=O) groups excluding carboxylic acids is 1. The highest BCUT2D eigenvalue weighted by Crippen LogP contribution is 2.19. The van der Waals surface area contributed by atoms with E-state index in [9.17, 15) is 9.59 Å². The first-order valence-electron chi connectivity index (χ1n) is 7.25. The Morgan fingerprint density at radius 3 is 3.00 bits per heavy atom. The number of hydrogen-bond donors (Lipinski definition) is 1. The van der Waals surface area contributed by atoms with E-state index in [-0.39, 0.29) is 18.1 Å². The number of aryl methyl sites for hydroxylation is 1. The number of amides is 1. The summed E-state index contributed by atoms with van der Waals surface area (Å²) in [6, 6.07) is 5.00. The maximum absolute atomic E-state index is 12.2. The number of nitrogens with zero attached hydrogens (tertiary/aromatic N) is 2. The molecule has 1 saturated heterocycles. The second-order valence-corrected chi connectivity index (χ2v) is 5.34. The molecule has 5 heteroatoms. The van der Waals surface area contributed by atoms with Crippen LogP contribution in [0.5, 0.6) is 0 Å². The van der Waals surface area contributed by atoms with Crippen LogP contribution in [0.15, 0.2) is 29.2 Å². The van der Waals surface area contributed by atoms with Gasteiger partial charge in [0.05, 0.1) is 0 Å². The minimum Gasteiger partial charge on any atom is -0.396 e. The topological polar surface area (TPSA) is 62.5 Å². The molecule has 0 spiro atoms. The van der Waals surface area contributed by atoms with Gasteiger partial charge in [-0.25, -0.2) is 0 Å². The Balaban J connectivity index is 1.85. The third kappa shape index (κ3) is 3.93. The van der Waals surface area contributed by atoms with Gasteiger partial charge >= 0.3 is 0 Å². The van der Waals surface area contributed by atoms with Gasteiger partial charge < -0.3 is 14.6 Å². The lowest BCUT2D eigenvalue weighted by molar-refractivity contribution is -0.133. The van der Waals surface area contributed by atoms with E-state index < -0.39 is 0 Å². The smallest absolute Gasteiger partial charge is 0.250 e. The van der Waals surface area contributed by atoms with Crippen LogP contribution in [0.1, 0.15) is 25.7 Å². The fourth-order valence-electron chi connectivity index (χ4n) is 2.73. The first-order chi connectivity index (χ1) is 9.70. The molecule has 1 atom stereocenters. The molecular formula is C15H22N2O3. The SMILES string of the molecule is O=C(CCn1ccccc1=O)N1CCCC(CCO)C1. The number of aliphatic hydroxyl groups is 1. The summed E-state index contributed by atoms with van der Waals surface area (Å²) in [5.74, 6) is 0.514. The largest absolute Gasteiger partial charge is 0.396 e. The molecule has 110 valence electrons. The Morgan fingerprint density at radius 2 is 2.25 bits per heavy atom. The molecule has 0 aliphatic carbocycles. The first-order valence-corrected chi connectivity index (χ1v) is 7.25. The van der Waals surface area contributed by atoms with E-state index in [4.69, 9.17) is 5.11 Å². The molecule has 20 heavy (non-hydrogen) atoms. The van der Waals surface area contributed by atoms with Crippen LogP contribution in [0.2, 0.25) is 0 Å². The number of pyridine rings is 1. The fourth-order valence-corrected chi connectivity index (χ4v) is 2.73. The summed E-state index contributed by atoms with van der Waals surface area (Å²) in [5.41, 5.74) is -0.0721. The molecule has 0 aromatic carbocycles. The van der Waals surface area contributed by atoms with Crippen LogP contribution in [0.4, 0.5) is 0 Å². The molecule has 0 radical (unpaired) electrons. The van der Waals surface area contributed by atoms with Crippen molar-refractivity contribution >= 4 is 5.91 Å². The minimum absolute atomic E-state index is 0.0721. The lowest BCUT2D eigenvalue weighted by Crippen LogP contribution is -2.40. The first kappa shape index (κ1) is 14.8. The summed E-state index contributed by atoms with van der Waals surface area (Å²) >= 11 is 0. The summed E-state index contributed by atoms with van der Waals surface area (Å²) in [5, 5.41) is 8.98. The molecule has 0 saturated carbocycles. The number of carbonyl (C=O) groups is 1. The van der Waals surface area contributed by atoms with Crippen LogP contribution in [0.3, 0.4) is 0 Å². The number of rotatable bonds is 5. The Bertz CT molecular complexity index is 496. The van der Waals surface area contributed by atoms with Crippen LogP contribution in [0.25, 0.3) is 0 Å². The average Bonchev–Trinajstić information content (AvgIpc) is 2.47. The van der Waals surface area contributed by atoms with Gasteiger partial charge in [-0.15, -0.1) is 0 Å². The van der Waals surface area contributed by atoms with E-state index in [1.807, 2.05) is 4.90 Å². The predicted octanol–water partition coefficient (Wildman–Crippen LogP) is 0.859. The molecule has 2 rings (SSSR count). The molecule has 1 aromatic rings. The van der Waals surface area contributed by atoms with Gasteiger partial charge in [-0.1, -0.05) is 6.07 Å². The summed E-state index contributed by atoms with van der Waals surface area (Å²) in [6.45, 7) is 2.15. The Labute approximate surface area is 118 Å². The molecule has 1 aromatic heterocycles. The van der Waals surface area contributed by atoms with Crippen molar-refractivity contribution < 1.29 is 9.90 Å². The van der Waals surface area contributed by atoms with Gasteiger partial charge in [0.1, 0.15) is 0 Å². The molecule has 1 aliphatic heterocycles. The lowest BCUT2D eigenvalue weighted by atomic mass is 9.95. The second kappa shape index (κ2) is 7.24. The van der Waals surface area contributed by atoms with Gasteiger partial charge in [0.25, 0.3) is 5.56 Å². The maximum Gasteiger partial charge on any atom is 0.250 e. The number of aromatic nitrogens is 1. The highest BCUT2D eigenvalue weighted by Gasteiger charge is 2.22. The van der Waals surface area contributed by atoms with E-state index in [2.05, 4.69) is 0 Å². The highest BCUT2D eigenvalue weighted by molar-refractivity contribution is 5.76. The van der Waals surface area contributed by atoms with Crippen molar-refractivity contribution in [3.05, 3.63) is 34.7 Å². The molecule has 1 fully saturated rings. The van der Waals surface area contributed by atoms with Gasteiger partial charge in [0.2, 0.25) is 5.91 Å². The zero-order valence-electron chi connectivity index (χ0n) is 11.7. The molecule has 1 aliphatic rings. The number of piperidine rings is 1. The monoisotopic (exact) mass is 278 g/mol. The quantitative estimate of drug-likeness (QED) is 0.869. The number of aliphatic hydroxyl groups excluding tert-OH is 1. The molecule has 5 nitrogen and oxygen atoms in total. The van der Waals surface area contributed by atoms with Crippen LogP contribution in [-0.2, 0) is 11.3 Å². The standard InChI is InChI=1S/C15H22N2O3/c18-11-7-13-4-3-9-17(12-13)15(20)6-10-16-8-2-1-5-14(16)19/h1-2,5,8,13,18H,3-4,6-7,9-12H2. The van der Waals surface area contributed by atoms with E-state index in [1.165, 1.54) is 6.07 Å². The summed E-state index contributed by atoms with van der Waals surface area (Å²) in [7, 11) is 0. The summed E-state index contributed by atoms with van der Waals surface area (Å²) in [6.07, 6.45) is 4.92. The number of likely N-dealkylation sites (tertiary alicyclic amines) is 1. The van der Waals surface area contributed by atoms with Crippen molar-refractivity contribution in [1.82, 2.24) is 9.47 Å². The second-order valence-electron chi connectivity index (χ2n) is 5.34. The van der Waals surface area contributed by atoms with Crippen LogP contribution >= 0.6 is 0 Å². The van der Waals surface area contributed by atoms with Crippen molar-refractivity contribution in [3.63, 3.8) is 0 Å². The molecule has 1 N–H and O–H groups in total. The molecule has 1 unspecified atom stereocenters. The third-order valence-electron chi connectivity index (χ3n) is 3.87. The van der Waals surface area contributed by atoms with Crippen molar-refractivity contribution in [2.45, 2.75) is 32.2 Å². The maximum atomic E-state index is 12.2. The van der Waals surface area contributed by atoms with Gasteiger partial charge in [0, 0.05) is 44.9 Å². The molecule has 2 heterocycles. The van der Waals surface area contributed by atoms with Crippen molar-refractivity contribution in [2.24, 2.45) is 5.92 Å². The van der Waals surface area contributed by atoms with E-state index in [0.717, 1.165) is 32.4 Å². The summed E-state index contributed by atoms with van der Waals surface area (Å²) in [4.78, 5) is 25.6. The Kier molecular flexibility index (Phi) is 5.35. The van der Waals surface area contributed by atoms with Crippen molar-refractivity contribution in [1.29, 1.82) is 0 Å². The van der Waals surface area contributed by atoms with Crippen molar-refractivity contribution in [3.8, 4) is 0 Å². The lowest BCUT2D eigenvalue weighted by Gasteiger charge is -2.32. The zero-order valence-corrected chi connectivity index (χ0v) is 11.7. The van der Waals surface area contributed by atoms with Gasteiger partial charge in [0.15, 0.2) is 0 Å². The molecule has 0 bridgehead atoms. The van der Waals surface area contributed by atoms with Crippen LogP contribution in [-0.4, -0.2) is 40.2 Å². The zero-order chi connectivity index (χ0) is 14.4. The fraction of sp³-hybridized carbons (Fsp3) is 0.600. The average molecular weight is 278 g/mol. The Morgan fingerprint density at radius 1 is 1.40 bits per heavy atom. The van der Waals surface area contributed by atoms with Gasteiger partial charge in [-0.05, 0) is 31.2 Å². The number of hydrogen-bond acceptors (Lipinski definition) is 3. The predicted molar refractivity (Wildman–Crippen MR) is 76.3 cm³/mol. The minimum atomic E-state index is -0.0721. The van der Waals surface area contributed by atoms with Crippen LogP contribution in [0, 0.1) is 5.92 Å². The van der Waals surface area contributed by atoms with E-state index >= 15 is 0 Å². The van der Waals surface area contributed by atoms with Crippen molar-refractivity contribution in [2.75, 3.05) is 19.7 Å². The third-order valence-corrected chi connectivity index (χ3v) is 3.87. The van der Waals surface area contributed by atoms with E-state index in [1.54, 1.807) is 22.9 Å². The van der Waals surface area contributed by atoms with Crippen LogP contribution < -0.4 is 5.56 Å². The Hall–Kier alpha value is -1.62.